The number of hydrogen-bond acceptors (Lipinski definition) is 5. The van der Waals surface area contributed by atoms with E-state index in [0.29, 0.717) is 24.5 Å². The molecule has 1 aromatic carbocycles. The maximum Gasteiger partial charge on any atom is 0.273 e. The Bertz CT molecular complexity index is 510. The SMILES string of the molecule is CCCOC1C(Cl)CC1Oc1ccc([N+](=O)[O-])cc1OC. The van der Waals surface area contributed by atoms with Crippen LogP contribution in [0, 0.1) is 10.1 Å². The zero-order chi connectivity index (χ0) is 15.4. The Morgan fingerprint density at radius 3 is 2.76 bits per heavy atom. The van der Waals surface area contributed by atoms with Crippen LogP contribution in [0.15, 0.2) is 18.2 Å². The first-order valence-corrected chi connectivity index (χ1v) is 7.25. The van der Waals surface area contributed by atoms with E-state index in [9.17, 15) is 10.1 Å². The molecular weight excluding hydrogens is 298 g/mol. The third kappa shape index (κ3) is 3.57. The number of methoxy groups -OCH3 is 1. The Morgan fingerprint density at radius 1 is 1.43 bits per heavy atom. The normalized spacial score (nSPS) is 24.2. The van der Waals surface area contributed by atoms with Crippen LogP contribution in [0.3, 0.4) is 0 Å². The molecule has 0 amide bonds. The molecular formula is C14H18ClNO5. The highest BCUT2D eigenvalue weighted by Crippen LogP contribution is 2.37. The first-order valence-electron chi connectivity index (χ1n) is 6.81. The standard InChI is InChI=1S/C14H18ClNO5/c1-3-6-20-14-10(15)8-13(14)21-11-5-4-9(16(17)18)7-12(11)19-2/h4-5,7,10,13-14H,3,6,8H2,1-2H3. The number of benzene rings is 1. The first-order chi connectivity index (χ1) is 10.1. The lowest BCUT2D eigenvalue weighted by molar-refractivity contribution is -0.385. The van der Waals surface area contributed by atoms with Crippen molar-refractivity contribution in [2.24, 2.45) is 0 Å². The van der Waals surface area contributed by atoms with Crippen LogP contribution in [0.25, 0.3) is 0 Å². The van der Waals surface area contributed by atoms with Gasteiger partial charge in [0.1, 0.15) is 12.2 Å². The maximum absolute atomic E-state index is 10.8. The van der Waals surface area contributed by atoms with Gasteiger partial charge in [0.25, 0.3) is 5.69 Å². The minimum absolute atomic E-state index is 0.0400. The van der Waals surface area contributed by atoms with Crippen LogP contribution in [0.4, 0.5) is 5.69 Å². The highest BCUT2D eigenvalue weighted by atomic mass is 35.5. The van der Waals surface area contributed by atoms with Crippen LogP contribution in [0.2, 0.25) is 0 Å². The summed E-state index contributed by atoms with van der Waals surface area (Å²) >= 11 is 6.13. The van der Waals surface area contributed by atoms with E-state index in [1.807, 2.05) is 6.92 Å². The number of rotatable bonds is 7. The smallest absolute Gasteiger partial charge is 0.273 e. The van der Waals surface area contributed by atoms with Crippen molar-refractivity contribution in [3.05, 3.63) is 28.3 Å². The van der Waals surface area contributed by atoms with Crippen molar-refractivity contribution in [3.8, 4) is 11.5 Å². The van der Waals surface area contributed by atoms with E-state index in [2.05, 4.69) is 0 Å². The van der Waals surface area contributed by atoms with Crippen molar-refractivity contribution < 1.29 is 19.1 Å². The lowest BCUT2D eigenvalue weighted by Crippen LogP contribution is -2.52. The molecule has 7 heteroatoms. The zero-order valence-corrected chi connectivity index (χ0v) is 12.7. The maximum atomic E-state index is 10.8. The molecule has 3 unspecified atom stereocenters. The molecule has 21 heavy (non-hydrogen) atoms. The molecule has 3 atom stereocenters. The summed E-state index contributed by atoms with van der Waals surface area (Å²) in [6.45, 7) is 2.66. The number of alkyl halides is 1. The van der Waals surface area contributed by atoms with Gasteiger partial charge in [0, 0.05) is 19.1 Å². The first kappa shape index (κ1) is 15.9. The number of nitro groups is 1. The molecule has 0 heterocycles. The van der Waals surface area contributed by atoms with Gasteiger partial charge in [-0.1, -0.05) is 6.92 Å². The van der Waals surface area contributed by atoms with Crippen LogP contribution < -0.4 is 9.47 Å². The monoisotopic (exact) mass is 315 g/mol. The van der Waals surface area contributed by atoms with Gasteiger partial charge in [-0.2, -0.15) is 0 Å². The second kappa shape index (κ2) is 6.95. The summed E-state index contributed by atoms with van der Waals surface area (Å²) in [7, 11) is 1.45. The molecule has 6 nitrogen and oxygen atoms in total. The van der Waals surface area contributed by atoms with E-state index in [4.69, 9.17) is 25.8 Å². The van der Waals surface area contributed by atoms with Gasteiger partial charge < -0.3 is 14.2 Å². The molecule has 2 rings (SSSR count). The van der Waals surface area contributed by atoms with Crippen LogP contribution in [0.5, 0.6) is 11.5 Å². The Balaban J connectivity index is 2.07. The predicted octanol–water partition coefficient (Wildman–Crippen LogP) is 3.16. The molecule has 1 saturated carbocycles. The van der Waals surface area contributed by atoms with Crippen molar-refractivity contribution in [1.82, 2.24) is 0 Å². The third-order valence-corrected chi connectivity index (χ3v) is 3.76. The van der Waals surface area contributed by atoms with E-state index >= 15 is 0 Å². The van der Waals surface area contributed by atoms with Crippen molar-refractivity contribution in [2.75, 3.05) is 13.7 Å². The number of ether oxygens (including phenoxy) is 3. The lowest BCUT2D eigenvalue weighted by atomic mass is 9.91. The van der Waals surface area contributed by atoms with Crippen molar-refractivity contribution in [3.63, 3.8) is 0 Å². The summed E-state index contributed by atoms with van der Waals surface area (Å²) < 4.78 is 16.6. The van der Waals surface area contributed by atoms with E-state index < -0.39 is 4.92 Å². The fourth-order valence-electron chi connectivity index (χ4n) is 2.14. The lowest BCUT2D eigenvalue weighted by Gasteiger charge is -2.40. The number of nitro benzene ring substituents is 1. The second-order valence-electron chi connectivity index (χ2n) is 4.84. The summed E-state index contributed by atoms with van der Waals surface area (Å²) in [6.07, 6.45) is 1.27. The number of halogens is 1. The van der Waals surface area contributed by atoms with Crippen molar-refractivity contribution >= 4 is 17.3 Å². The molecule has 0 bridgehead atoms. The third-order valence-electron chi connectivity index (χ3n) is 3.33. The van der Waals surface area contributed by atoms with Gasteiger partial charge in [-0.25, -0.2) is 0 Å². The molecule has 1 aromatic rings. The Kier molecular flexibility index (Phi) is 5.25. The number of hydrogen-bond donors (Lipinski definition) is 0. The highest BCUT2D eigenvalue weighted by molar-refractivity contribution is 6.21. The highest BCUT2D eigenvalue weighted by Gasteiger charge is 2.43. The molecule has 0 radical (unpaired) electrons. The number of non-ortho nitro benzene ring substituents is 1. The molecule has 0 aliphatic heterocycles. The van der Waals surface area contributed by atoms with Crippen molar-refractivity contribution in [2.45, 2.75) is 37.4 Å². The summed E-state index contributed by atoms with van der Waals surface area (Å²) in [5.41, 5.74) is -0.0400. The van der Waals surface area contributed by atoms with Crippen LogP contribution in [0.1, 0.15) is 19.8 Å². The minimum atomic E-state index is -0.475. The molecule has 0 spiro atoms. The molecule has 116 valence electrons. The predicted molar refractivity (Wildman–Crippen MR) is 78.4 cm³/mol. The van der Waals surface area contributed by atoms with E-state index in [0.717, 1.165) is 6.42 Å². The summed E-state index contributed by atoms with van der Waals surface area (Å²) in [5, 5.41) is 10.7. The van der Waals surface area contributed by atoms with Gasteiger partial charge in [-0.15, -0.1) is 11.6 Å². The van der Waals surface area contributed by atoms with Gasteiger partial charge in [-0.3, -0.25) is 10.1 Å². The molecule has 0 saturated heterocycles. The van der Waals surface area contributed by atoms with Crippen LogP contribution in [-0.4, -0.2) is 36.2 Å². The fraction of sp³-hybridized carbons (Fsp3) is 0.571. The van der Waals surface area contributed by atoms with Gasteiger partial charge in [0.2, 0.25) is 0 Å². The molecule has 1 aliphatic rings. The Labute approximate surface area is 128 Å². The van der Waals surface area contributed by atoms with Crippen LogP contribution in [-0.2, 0) is 4.74 Å². The second-order valence-corrected chi connectivity index (χ2v) is 5.40. The topological polar surface area (TPSA) is 70.8 Å². The van der Waals surface area contributed by atoms with Gasteiger partial charge in [0.05, 0.1) is 23.5 Å². The molecule has 1 aliphatic carbocycles. The Hall–Kier alpha value is -1.53. The average molecular weight is 316 g/mol. The zero-order valence-electron chi connectivity index (χ0n) is 12.0. The largest absolute Gasteiger partial charge is 0.493 e. The Morgan fingerprint density at radius 2 is 2.19 bits per heavy atom. The van der Waals surface area contributed by atoms with Crippen molar-refractivity contribution in [1.29, 1.82) is 0 Å². The van der Waals surface area contributed by atoms with E-state index in [-0.39, 0.29) is 23.3 Å². The van der Waals surface area contributed by atoms with Crippen LogP contribution >= 0.6 is 11.6 Å². The minimum Gasteiger partial charge on any atom is -0.493 e. The molecule has 0 N–H and O–H groups in total. The quantitative estimate of drug-likeness (QED) is 0.439. The van der Waals surface area contributed by atoms with E-state index in [1.54, 1.807) is 0 Å². The number of nitrogens with zero attached hydrogens (tertiary/aromatic N) is 1. The molecule has 1 fully saturated rings. The van der Waals surface area contributed by atoms with E-state index in [1.165, 1.54) is 25.3 Å². The fourth-order valence-corrected chi connectivity index (χ4v) is 2.55. The molecule has 0 aromatic heterocycles. The van der Waals surface area contributed by atoms with Gasteiger partial charge >= 0.3 is 0 Å². The van der Waals surface area contributed by atoms with Gasteiger partial charge in [-0.05, 0) is 12.5 Å². The van der Waals surface area contributed by atoms with Gasteiger partial charge in [0.15, 0.2) is 11.5 Å². The summed E-state index contributed by atoms with van der Waals surface area (Å²) in [4.78, 5) is 10.3. The summed E-state index contributed by atoms with van der Waals surface area (Å²) in [5.74, 6) is 0.790. The summed E-state index contributed by atoms with van der Waals surface area (Å²) in [6, 6.07) is 4.26. The average Bonchev–Trinajstić information content (AvgIpc) is 2.47.